The molecule has 3 aromatic rings. The summed E-state index contributed by atoms with van der Waals surface area (Å²) in [5.41, 5.74) is 2.50. The first-order chi connectivity index (χ1) is 10.5. The summed E-state index contributed by atoms with van der Waals surface area (Å²) >= 11 is 1.58. The second kappa shape index (κ2) is 5.69. The van der Waals surface area contributed by atoms with Crippen LogP contribution >= 0.6 is 11.3 Å². The minimum atomic E-state index is 0.0554. The molecule has 0 bridgehead atoms. The molecular formula is C18H20N2OS. The molecule has 2 heterocycles. The Kier molecular flexibility index (Phi) is 3.87. The zero-order valence-electron chi connectivity index (χ0n) is 13.4. The lowest BCUT2D eigenvalue weighted by molar-refractivity contribution is 0.713. The molecule has 0 spiro atoms. The van der Waals surface area contributed by atoms with Gasteiger partial charge in [-0.25, -0.2) is 4.98 Å². The van der Waals surface area contributed by atoms with Gasteiger partial charge in [0.25, 0.3) is 5.56 Å². The lowest BCUT2D eigenvalue weighted by Gasteiger charge is -2.11. The Balaban J connectivity index is 2.01. The Hall–Kier alpha value is -1.94. The third-order valence-electron chi connectivity index (χ3n) is 3.95. The predicted octanol–water partition coefficient (Wildman–Crippen LogP) is 4.25. The zero-order valence-corrected chi connectivity index (χ0v) is 14.2. The van der Waals surface area contributed by atoms with Crippen LogP contribution in [-0.4, -0.2) is 9.55 Å². The third-order valence-corrected chi connectivity index (χ3v) is 4.90. The van der Waals surface area contributed by atoms with Crippen molar-refractivity contribution in [1.82, 2.24) is 9.55 Å². The Morgan fingerprint density at radius 2 is 1.86 bits per heavy atom. The van der Waals surface area contributed by atoms with Crippen LogP contribution in [0, 0.1) is 13.8 Å². The minimum Gasteiger partial charge on any atom is -0.292 e. The van der Waals surface area contributed by atoms with Gasteiger partial charge in [-0.15, -0.1) is 11.3 Å². The summed E-state index contributed by atoms with van der Waals surface area (Å²) < 4.78 is 1.76. The molecule has 0 amide bonds. The molecule has 4 heteroatoms. The maximum absolute atomic E-state index is 12.7. The molecule has 22 heavy (non-hydrogen) atoms. The normalized spacial score (nSPS) is 11.5. The molecule has 0 radical (unpaired) electrons. The van der Waals surface area contributed by atoms with E-state index in [1.807, 2.05) is 19.9 Å². The monoisotopic (exact) mass is 312 g/mol. The van der Waals surface area contributed by atoms with Gasteiger partial charge in [0.1, 0.15) is 10.7 Å². The van der Waals surface area contributed by atoms with Gasteiger partial charge in [-0.1, -0.05) is 38.1 Å². The number of rotatable bonds is 3. The van der Waals surface area contributed by atoms with Crippen molar-refractivity contribution in [1.29, 1.82) is 0 Å². The lowest BCUT2D eigenvalue weighted by atomic mass is 10.0. The Bertz CT molecular complexity index is 872. The van der Waals surface area contributed by atoms with E-state index in [2.05, 4.69) is 43.1 Å². The van der Waals surface area contributed by atoms with Crippen molar-refractivity contribution in [3.63, 3.8) is 0 Å². The molecule has 0 aliphatic heterocycles. The number of benzene rings is 1. The van der Waals surface area contributed by atoms with E-state index in [1.54, 1.807) is 15.9 Å². The van der Waals surface area contributed by atoms with E-state index in [0.717, 1.165) is 26.5 Å². The topological polar surface area (TPSA) is 34.9 Å². The molecular weight excluding hydrogens is 292 g/mol. The highest BCUT2D eigenvalue weighted by atomic mass is 32.1. The van der Waals surface area contributed by atoms with Crippen LogP contribution in [0.15, 0.2) is 35.1 Å². The zero-order chi connectivity index (χ0) is 15.9. The van der Waals surface area contributed by atoms with E-state index in [1.165, 1.54) is 5.56 Å². The van der Waals surface area contributed by atoms with Gasteiger partial charge in [0, 0.05) is 4.88 Å². The summed E-state index contributed by atoms with van der Waals surface area (Å²) in [7, 11) is 0. The fourth-order valence-corrected chi connectivity index (χ4v) is 3.53. The molecule has 114 valence electrons. The van der Waals surface area contributed by atoms with Crippen LogP contribution in [0.3, 0.4) is 0 Å². The van der Waals surface area contributed by atoms with Gasteiger partial charge in [0.2, 0.25) is 0 Å². The molecule has 0 unspecified atom stereocenters. The highest BCUT2D eigenvalue weighted by Gasteiger charge is 2.11. The second-order valence-corrected chi connectivity index (χ2v) is 7.26. The quantitative estimate of drug-likeness (QED) is 0.725. The summed E-state index contributed by atoms with van der Waals surface area (Å²) in [6.07, 6.45) is 0. The van der Waals surface area contributed by atoms with E-state index < -0.39 is 0 Å². The van der Waals surface area contributed by atoms with Gasteiger partial charge in [0.15, 0.2) is 0 Å². The first kappa shape index (κ1) is 15.0. The number of thiophene rings is 1. The van der Waals surface area contributed by atoms with Crippen molar-refractivity contribution in [2.45, 2.75) is 40.2 Å². The fourth-order valence-electron chi connectivity index (χ4n) is 2.61. The predicted molar refractivity (Wildman–Crippen MR) is 93.0 cm³/mol. The van der Waals surface area contributed by atoms with Crippen molar-refractivity contribution >= 4 is 21.6 Å². The highest BCUT2D eigenvalue weighted by Crippen LogP contribution is 2.21. The minimum absolute atomic E-state index is 0.0554. The summed E-state index contributed by atoms with van der Waals surface area (Å²) in [6.45, 7) is 8.84. The average Bonchev–Trinajstić information content (AvgIpc) is 2.84. The summed E-state index contributed by atoms with van der Waals surface area (Å²) in [6, 6.07) is 10.4. The molecule has 0 fully saturated rings. The number of hydrogen-bond donors (Lipinski definition) is 0. The molecule has 3 nitrogen and oxygen atoms in total. The van der Waals surface area contributed by atoms with Gasteiger partial charge in [-0.3, -0.25) is 9.36 Å². The van der Waals surface area contributed by atoms with Crippen molar-refractivity contribution < 1.29 is 0 Å². The number of aryl methyl sites for hydroxylation is 2. The summed E-state index contributed by atoms with van der Waals surface area (Å²) in [4.78, 5) is 19.2. The highest BCUT2D eigenvalue weighted by molar-refractivity contribution is 7.18. The molecule has 0 N–H and O–H groups in total. The number of aromatic nitrogens is 2. The Morgan fingerprint density at radius 1 is 1.18 bits per heavy atom. The van der Waals surface area contributed by atoms with Crippen LogP contribution in [-0.2, 0) is 6.54 Å². The molecule has 0 atom stereocenters. The Labute approximate surface area is 134 Å². The van der Waals surface area contributed by atoms with Crippen molar-refractivity contribution in [3.8, 4) is 0 Å². The summed E-state index contributed by atoms with van der Waals surface area (Å²) in [5, 5.41) is 0.729. The van der Waals surface area contributed by atoms with Gasteiger partial charge >= 0.3 is 0 Å². The van der Waals surface area contributed by atoms with Gasteiger partial charge in [-0.2, -0.15) is 0 Å². The van der Waals surface area contributed by atoms with E-state index in [-0.39, 0.29) is 5.56 Å². The van der Waals surface area contributed by atoms with Crippen LogP contribution < -0.4 is 5.56 Å². The lowest BCUT2D eigenvalue weighted by Crippen LogP contribution is -2.23. The van der Waals surface area contributed by atoms with Crippen LogP contribution in [0.5, 0.6) is 0 Å². The molecule has 0 aliphatic carbocycles. The van der Waals surface area contributed by atoms with E-state index in [9.17, 15) is 4.79 Å². The Morgan fingerprint density at radius 3 is 2.50 bits per heavy atom. The number of nitrogens with zero attached hydrogens (tertiary/aromatic N) is 2. The first-order valence-electron chi connectivity index (χ1n) is 7.52. The van der Waals surface area contributed by atoms with E-state index >= 15 is 0 Å². The van der Waals surface area contributed by atoms with Crippen LogP contribution in [0.25, 0.3) is 10.2 Å². The van der Waals surface area contributed by atoms with E-state index in [4.69, 9.17) is 0 Å². The van der Waals surface area contributed by atoms with Gasteiger partial charge in [-0.05, 0) is 37.0 Å². The van der Waals surface area contributed by atoms with Crippen LogP contribution in [0.2, 0.25) is 0 Å². The molecule has 0 saturated heterocycles. The number of fused-ring (bicyclic) bond motifs is 1. The molecule has 0 aliphatic rings. The second-order valence-electron chi connectivity index (χ2n) is 6.02. The maximum atomic E-state index is 12.7. The smallest absolute Gasteiger partial charge is 0.262 e. The van der Waals surface area contributed by atoms with Crippen LogP contribution in [0.1, 0.15) is 41.6 Å². The molecule has 2 aromatic heterocycles. The van der Waals surface area contributed by atoms with E-state index in [0.29, 0.717) is 12.5 Å². The molecule has 3 rings (SSSR count). The van der Waals surface area contributed by atoms with Crippen molar-refractivity contribution in [2.75, 3.05) is 0 Å². The SMILES string of the molecule is Cc1cc2c(=O)n(Cc3ccc(C(C)C)cc3)c(C)nc2s1. The van der Waals surface area contributed by atoms with Crippen molar-refractivity contribution in [3.05, 3.63) is 62.5 Å². The summed E-state index contributed by atoms with van der Waals surface area (Å²) in [5.74, 6) is 1.29. The first-order valence-corrected chi connectivity index (χ1v) is 8.34. The number of hydrogen-bond acceptors (Lipinski definition) is 3. The van der Waals surface area contributed by atoms with Gasteiger partial charge < -0.3 is 0 Å². The van der Waals surface area contributed by atoms with Gasteiger partial charge in [0.05, 0.1) is 11.9 Å². The molecule has 1 aromatic carbocycles. The third kappa shape index (κ3) is 2.71. The molecule has 0 saturated carbocycles. The maximum Gasteiger partial charge on any atom is 0.262 e. The fraction of sp³-hybridized carbons (Fsp3) is 0.333. The largest absolute Gasteiger partial charge is 0.292 e. The van der Waals surface area contributed by atoms with Crippen molar-refractivity contribution in [2.24, 2.45) is 0 Å². The van der Waals surface area contributed by atoms with Crippen LogP contribution in [0.4, 0.5) is 0 Å². The average molecular weight is 312 g/mol. The standard InChI is InChI=1S/C18H20N2OS/c1-11(2)15-7-5-14(6-8-15)10-20-13(4)19-17-16(18(20)21)9-12(3)22-17/h5-9,11H,10H2,1-4H3.